The van der Waals surface area contributed by atoms with Crippen molar-refractivity contribution >= 4 is 28.3 Å². The van der Waals surface area contributed by atoms with Gasteiger partial charge in [-0.1, -0.05) is 13.8 Å². The van der Waals surface area contributed by atoms with Crippen molar-refractivity contribution in [1.29, 1.82) is 0 Å². The van der Waals surface area contributed by atoms with Crippen LogP contribution >= 0.6 is 11.3 Å². The first kappa shape index (κ1) is 18.6. The van der Waals surface area contributed by atoms with Crippen molar-refractivity contribution in [2.45, 2.75) is 45.7 Å². The Morgan fingerprint density at radius 1 is 1.36 bits per heavy atom. The van der Waals surface area contributed by atoms with E-state index in [-0.39, 0.29) is 17.3 Å². The van der Waals surface area contributed by atoms with E-state index >= 15 is 0 Å². The molecule has 7 nitrogen and oxygen atoms in total. The average molecular weight is 398 g/mol. The predicted molar refractivity (Wildman–Crippen MR) is 109 cm³/mol. The molecule has 0 spiro atoms. The molecule has 0 bridgehead atoms. The number of H-pyrrole nitrogens is 1. The molecule has 0 aromatic carbocycles. The van der Waals surface area contributed by atoms with Crippen molar-refractivity contribution in [3.63, 3.8) is 0 Å². The SMILES string of the molecule is CCCn1c(=O)[nH]c(=O)c2cc(C(=O)N3CCc4sccc4C3CC)cnc21. The molecule has 0 radical (unpaired) electrons. The van der Waals surface area contributed by atoms with Crippen LogP contribution in [0.25, 0.3) is 11.0 Å². The minimum atomic E-state index is -0.514. The zero-order valence-electron chi connectivity index (χ0n) is 15.9. The maximum Gasteiger partial charge on any atom is 0.329 e. The Hall–Kier alpha value is -2.74. The smallest absolute Gasteiger partial charge is 0.329 e. The van der Waals surface area contributed by atoms with Crippen molar-refractivity contribution in [2.75, 3.05) is 6.54 Å². The maximum absolute atomic E-state index is 13.2. The lowest BCUT2D eigenvalue weighted by Gasteiger charge is -2.35. The molecule has 3 aromatic heterocycles. The van der Waals surface area contributed by atoms with Gasteiger partial charge in [0.2, 0.25) is 0 Å². The highest BCUT2D eigenvalue weighted by molar-refractivity contribution is 7.10. The molecule has 1 aliphatic rings. The van der Waals surface area contributed by atoms with Gasteiger partial charge in [-0.3, -0.25) is 19.1 Å². The van der Waals surface area contributed by atoms with E-state index in [4.69, 9.17) is 0 Å². The van der Waals surface area contributed by atoms with E-state index in [0.29, 0.717) is 24.3 Å². The highest BCUT2D eigenvalue weighted by atomic mass is 32.1. The molecule has 0 saturated heterocycles. The van der Waals surface area contributed by atoms with Crippen LogP contribution in [-0.4, -0.2) is 31.9 Å². The highest BCUT2D eigenvalue weighted by Crippen LogP contribution is 2.36. The monoisotopic (exact) mass is 398 g/mol. The van der Waals surface area contributed by atoms with Gasteiger partial charge in [0.25, 0.3) is 11.5 Å². The third-order valence-corrected chi connectivity index (χ3v) is 6.27. The molecular weight excluding hydrogens is 376 g/mol. The molecule has 1 N–H and O–H groups in total. The van der Waals surface area contributed by atoms with Gasteiger partial charge in [0.05, 0.1) is 17.0 Å². The van der Waals surface area contributed by atoms with Gasteiger partial charge in [0.15, 0.2) is 0 Å². The molecule has 1 aliphatic heterocycles. The van der Waals surface area contributed by atoms with Gasteiger partial charge in [0.1, 0.15) is 5.65 Å². The number of thiophene rings is 1. The molecule has 28 heavy (non-hydrogen) atoms. The van der Waals surface area contributed by atoms with E-state index in [9.17, 15) is 14.4 Å². The van der Waals surface area contributed by atoms with Gasteiger partial charge in [0, 0.05) is 24.2 Å². The van der Waals surface area contributed by atoms with E-state index in [2.05, 4.69) is 28.3 Å². The first-order valence-corrected chi connectivity index (χ1v) is 10.4. The largest absolute Gasteiger partial charge is 0.331 e. The normalized spacial score (nSPS) is 16.4. The van der Waals surface area contributed by atoms with Gasteiger partial charge < -0.3 is 4.90 Å². The molecule has 4 rings (SSSR count). The Balaban J connectivity index is 1.76. The van der Waals surface area contributed by atoms with Gasteiger partial charge in [-0.05, 0) is 42.3 Å². The number of aryl methyl sites for hydroxylation is 1. The molecular formula is C20H22N4O3S. The fraction of sp³-hybridized carbons (Fsp3) is 0.400. The summed E-state index contributed by atoms with van der Waals surface area (Å²) >= 11 is 1.74. The van der Waals surface area contributed by atoms with Crippen LogP contribution in [0.3, 0.4) is 0 Å². The number of nitrogens with zero attached hydrogens (tertiary/aromatic N) is 3. The second-order valence-corrected chi connectivity index (χ2v) is 7.98. The summed E-state index contributed by atoms with van der Waals surface area (Å²) in [6.45, 7) is 5.12. The lowest BCUT2D eigenvalue weighted by atomic mass is 9.97. The van der Waals surface area contributed by atoms with Crippen LogP contribution in [-0.2, 0) is 13.0 Å². The van der Waals surface area contributed by atoms with Crippen molar-refractivity contribution in [3.8, 4) is 0 Å². The van der Waals surface area contributed by atoms with E-state index in [1.54, 1.807) is 17.4 Å². The van der Waals surface area contributed by atoms with Gasteiger partial charge >= 0.3 is 5.69 Å². The van der Waals surface area contributed by atoms with Gasteiger partial charge in [-0.15, -0.1) is 11.3 Å². The number of pyridine rings is 1. The lowest BCUT2D eigenvalue weighted by Crippen LogP contribution is -2.39. The van der Waals surface area contributed by atoms with Crippen molar-refractivity contribution in [3.05, 3.63) is 60.6 Å². The molecule has 0 fully saturated rings. The number of hydrogen-bond donors (Lipinski definition) is 1. The first-order valence-electron chi connectivity index (χ1n) is 9.55. The lowest BCUT2D eigenvalue weighted by molar-refractivity contribution is 0.0657. The van der Waals surface area contributed by atoms with Crippen LogP contribution < -0.4 is 11.2 Å². The topological polar surface area (TPSA) is 88.1 Å². The fourth-order valence-corrected chi connectivity index (χ4v) is 4.89. The zero-order valence-corrected chi connectivity index (χ0v) is 16.7. The summed E-state index contributed by atoms with van der Waals surface area (Å²) in [6.07, 6.45) is 3.88. The number of carbonyl (C=O) groups is 1. The number of rotatable bonds is 4. The summed E-state index contributed by atoms with van der Waals surface area (Å²) in [4.78, 5) is 47.5. The number of amides is 1. The molecule has 0 saturated carbocycles. The molecule has 3 aromatic rings. The minimum Gasteiger partial charge on any atom is -0.331 e. The van der Waals surface area contributed by atoms with Gasteiger partial charge in [-0.25, -0.2) is 9.78 Å². The predicted octanol–water partition coefficient (Wildman–Crippen LogP) is 2.71. The Morgan fingerprint density at radius 2 is 2.18 bits per heavy atom. The third-order valence-electron chi connectivity index (χ3n) is 5.27. The zero-order chi connectivity index (χ0) is 19.8. The van der Waals surface area contributed by atoms with E-state index in [1.807, 2.05) is 11.8 Å². The highest BCUT2D eigenvalue weighted by Gasteiger charge is 2.31. The number of hydrogen-bond acceptors (Lipinski definition) is 5. The number of aromatic amines is 1. The van der Waals surface area contributed by atoms with Crippen molar-refractivity contribution < 1.29 is 4.79 Å². The summed E-state index contributed by atoms with van der Waals surface area (Å²) in [5.74, 6) is -0.134. The number of nitrogens with one attached hydrogen (secondary N) is 1. The number of aromatic nitrogens is 3. The van der Waals surface area contributed by atoms with E-state index in [1.165, 1.54) is 21.2 Å². The van der Waals surface area contributed by atoms with Crippen LogP contribution in [0.15, 0.2) is 33.3 Å². The molecule has 1 atom stereocenters. The summed E-state index contributed by atoms with van der Waals surface area (Å²) in [5, 5.41) is 2.34. The number of fused-ring (bicyclic) bond motifs is 2. The van der Waals surface area contributed by atoms with Crippen molar-refractivity contribution in [2.24, 2.45) is 0 Å². The molecule has 1 amide bonds. The molecule has 146 valence electrons. The summed E-state index contributed by atoms with van der Waals surface area (Å²) in [5.41, 5.74) is 0.920. The first-order chi connectivity index (χ1) is 13.5. The molecule has 0 aliphatic carbocycles. The Labute approximate surface area is 165 Å². The van der Waals surface area contributed by atoms with E-state index < -0.39 is 11.2 Å². The Morgan fingerprint density at radius 3 is 2.93 bits per heavy atom. The quantitative estimate of drug-likeness (QED) is 0.732. The minimum absolute atomic E-state index is 0.0329. The number of carbonyl (C=O) groups excluding carboxylic acids is 1. The maximum atomic E-state index is 13.2. The van der Waals surface area contributed by atoms with Crippen LogP contribution in [0.1, 0.15) is 53.5 Å². The second-order valence-electron chi connectivity index (χ2n) is 6.98. The molecule has 1 unspecified atom stereocenters. The fourth-order valence-electron chi connectivity index (χ4n) is 3.96. The second kappa shape index (κ2) is 7.35. The van der Waals surface area contributed by atoms with Crippen LogP contribution in [0.4, 0.5) is 0 Å². The Bertz CT molecular complexity index is 1160. The summed E-state index contributed by atoms with van der Waals surface area (Å²) < 4.78 is 1.44. The third kappa shape index (κ3) is 2.97. The van der Waals surface area contributed by atoms with Crippen molar-refractivity contribution in [1.82, 2.24) is 19.4 Å². The molecule has 8 heteroatoms. The van der Waals surface area contributed by atoms with Crippen LogP contribution in [0.5, 0.6) is 0 Å². The van der Waals surface area contributed by atoms with E-state index in [0.717, 1.165) is 19.3 Å². The van der Waals surface area contributed by atoms with Crippen LogP contribution in [0.2, 0.25) is 0 Å². The summed E-state index contributed by atoms with van der Waals surface area (Å²) in [7, 11) is 0. The Kier molecular flexibility index (Phi) is 4.89. The average Bonchev–Trinajstić information content (AvgIpc) is 3.18. The molecule has 4 heterocycles. The van der Waals surface area contributed by atoms with Gasteiger partial charge in [-0.2, -0.15) is 0 Å². The van der Waals surface area contributed by atoms with Crippen LogP contribution in [0, 0.1) is 0 Å². The summed E-state index contributed by atoms with van der Waals surface area (Å²) in [6, 6.07) is 3.69. The standard InChI is InChI=1S/C20H22N4O3S/c1-3-7-24-17-14(18(25)22-20(24)27)10-12(11-21-17)19(26)23-8-5-16-13(6-9-28-16)15(23)4-2/h6,9-11,15H,3-5,7-8H2,1-2H3,(H,22,25,27).